The van der Waals surface area contributed by atoms with Crippen molar-refractivity contribution in [2.24, 2.45) is 11.8 Å². The number of anilines is 1. The SMILES string of the molecule is COCCCn1cc(CN(C(=O)[C@H]2CN(C(=O)OC(C)(C)C)CC[C@@H]2C2CN(Cc3cc(OC)cc(OC)c3)c3ccccc32)C2CC2)c2c(F)cccc21. The maximum Gasteiger partial charge on any atom is 0.410 e. The molecule has 55 heavy (non-hydrogen) atoms. The first-order valence-electron chi connectivity index (χ1n) is 19.6. The van der Waals surface area contributed by atoms with E-state index in [1.165, 1.54) is 11.6 Å². The topological polar surface area (TPSA) is 85.7 Å². The molecule has 1 saturated heterocycles. The lowest BCUT2D eigenvalue weighted by Crippen LogP contribution is -2.53. The van der Waals surface area contributed by atoms with Crippen LogP contribution in [0.15, 0.2) is 66.9 Å². The van der Waals surface area contributed by atoms with Gasteiger partial charge in [0.2, 0.25) is 5.91 Å². The number of aryl methyl sites for hydroxylation is 1. The Morgan fingerprint density at radius 3 is 2.36 bits per heavy atom. The number of methoxy groups -OCH3 is 3. The summed E-state index contributed by atoms with van der Waals surface area (Å²) in [4.78, 5) is 34.9. The van der Waals surface area contributed by atoms with Gasteiger partial charge < -0.3 is 38.2 Å². The molecule has 2 aliphatic heterocycles. The highest BCUT2D eigenvalue weighted by Crippen LogP contribution is 2.47. The predicted molar refractivity (Wildman–Crippen MR) is 211 cm³/mol. The number of ether oxygens (including phenoxy) is 4. The third-order valence-electron chi connectivity index (χ3n) is 11.3. The molecule has 10 nitrogen and oxygen atoms in total. The number of aromatic nitrogens is 1. The second-order valence-electron chi connectivity index (χ2n) is 16.3. The van der Waals surface area contributed by atoms with Gasteiger partial charge in [-0.1, -0.05) is 24.3 Å². The van der Waals surface area contributed by atoms with Gasteiger partial charge in [-0.2, -0.15) is 0 Å². The number of hydrogen-bond donors (Lipinski definition) is 0. The lowest BCUT2D eigenvalue weighted by atomic mass is 9.74. The number of carbonyl (C=O) groups is 2. The Bertz CT molecular complexity index is 1980. The first-order chi connectivity index (χ1) is 26.5. The minimum absolute atomic E-state index is 0.0193. The van der Waals surface area contributed by atoms with Crippen molar-refractivity contribution in [2.75, 3.05) is 52.5 Å². The molecule has 2 amide bonds. The van der Waals surface area contributed by atoms with Crippen LogP contribution in [-0.4, -0.2) is 85.6 Å². The first kappa shape index (κ1) is 38.5. The zero-order valence-electron chi connectivity index (χ0n) is 33.1. The number of nitrogens with zero attached hydrogens (tertiary/aromatic N) is 4. The van der Waals surface area contributed by atoms with Crippen molar-refractivity contribution in [3.63, 3.8) is 0 Å². The zero-order chi connectivity index (χ0) is 38.9. The molecule has 3 aliphatic rings. The fourth-order valence-electron chi connectivity index (χ4n) is 8.67. The van der Waals surface area contributed by atoms with Crippen LogP contribution in [-0.2, 0) is 33.9 Å². The largest absolute Gasteiger partial charge is 0.497 e. The smallest absolute Gasteiger partial charge is 0.410 e. The third kappa shape index (κ3) is 8.42. The second-order valence-corrected chi connectivity index (χ2v) is 16.3. The van der Waals surface area contributed by atoms with Crippen LogP contribution in [0.1, 0.15) is 69.1 Å². The van der Waals surface area contributed by atoms with Gasteiger partial charge >= 0.3 is 6.09 Å². The summed E-state index contributed by atoms with van der Waals surface area (Å²) in [6.45, 7) is 9.31. The molecular formula is C44H55FN4O6. The van der Waals surface area contributed by atoms with Gasteiger partial charge in [-0.3, -0.25) is 4.79 Å². The van der Waals surface area contributed by atoms with E-state index < -0.39 is 17.6 Å². The average molecular weight is 755 g/mol. The number of para-hydroxylation sites is 1. The molecule has 1 saturated carbocycles. The molecule has 3 aromatic carbocycles. The lowest BCUT2D eigenvalue weighted by molar-refractivity contribution is -0.141. The van der Waals surface area contributed by atoms with Crippen molar-refractivity contribution in [3.05, 3.63) is 89.4 Å². The van der Waals surface area contributed by atoms with E-state index in [1.54, 1.807) is 32.3 Å². The summed E-state index contributed by atoms with van der Waals surface area (Å²) in [6.07, 6.45) is 4.85. The fourth-order valence-corrected chi connectivity index (χ4v) is 8.67. The highest BCUT2D eigenvalue weighted by Gasteiger charge is 2.47. The molecule has 0 bridgehead atoms. The van der Waals surface area contributed by atoms with Crippen molar-refractivity contribution < 1.29 is 32.9 Å². The van der Waals surface area contributed by atoms with Crippen LogP contribution < -0.4 is 14.4 Å². The van der Waals surface area contributed by atoms with Crippen LogP contribution in [0.2, 0.25) is 0 Å². The second kappa shape index (κ2) is 16.1. The molecule has 1 aromatic heterocycles. The number of fused-ring (bicyclic) bond motifs is 2. The summed E-state index contributed by atoms with van der Waals surface area (Å²) >= 11 is 0. The molecular weight excluding hydrogens is 700 g/mol. The Morgan fingerprint density at radius 2 is 1.67 bits per heavy atom. The number of amides is 2. The Balaban J connectivity index is 1.21. The molecule has 0 radical (unpaired) electrons. The zero-order valence-corrected chi connectivity index (χ0v) is 33.1. The van der Waals surface area contributed by atoms with E-state index in [9.17, 15) is 4.79 Å². The van der Waals surface area contributed by atoms with E-state index in [1.807, 2.05) is 56.1 Å². The Hall–Kier alpha value is -4.77. The quantitative estimate of drug-likeness (QED) is 0.128. The average Bonchev–Trinajstić information content (AvgIpc) is 3.87. The minimum atomic E-state index is -0.664. The summed E-state index contributed by atoms with van der Waals surface area (Å²) in [7, 11) is 4.99. The van der Waals surface area contributed by atoms with Crippen LogP contribution >= 0.6 is 0 Å². The molecule has 0 N–H and O–H groups in total. The van der Waals surface area contributed by atoms with E-state index in [0.29, 0.717) is 44.6 Å². The first-order valence-corrected chi connectivity index (χ1v) is 19.6. The monoisotopic (exact) mass is 754 g/mol. The maximum absolute atomic E-state index is 15.6. The van der Waals surface area contributed by atoms with E-state index >= 15 is 9.18 Å². The highest BCUT2D eigenvalue weighted by atomic mass is 19.1. The Morgan fingerprint density at radius 1 is 0.927 bits per heavy atom. The molecule has 0 spiro atoms. The van der Waals surface area contributed by atoms with Crippen molar-refractivity contribution >= 4 is 28.6 Å². The van der Waals surface area contributed by atoms with Crippen molar-refractivity contribution in [1.29, 1.82) is 0 Å². The van der Waals surface area contributed by atoms with Gasteiger partial charge in [0.1, 0.15) is 22.9 Å². The van der Waals surface area contributed by atoms with E-state index in [-0.39, 0.29) is 36.1 Å². The van der Waals surface area contributed by atoms with Gasteiger partial charge in [-0.15, -0.1) is 0 Å². The van der Waals surface area contributed by atoms with Gasteiger partial charge in [0.15, 0.2) is 0 Å². The van der Waals surface area contributed by atoms with Gasteiger partial charge in [-0.25, -0.2) is 9.18 Å². The standard InChI is InChI=1S/C44H55FN4O6/c1-44(2,3)55-43(51)47-19-17-34(36-27-48(39-13-8-7-11-35(36)39)24-29-21-32(53-5)23-33(22-29)54-6)37(28-47)42(50)49(31-15-16-31)26-30-25-46(18-10-20-52-4)40-14-9-12-38(45)41(30)40/h7-9,11-14,21-23,25,31,34,36-37H,10,15-20,24,26-28H2,1-6H3/t34-,36?,37+/m1/s1. The van der Waals surface area contributed by atoms with Gasteiger partial charge in [0.05, 0.1) is 25.7 Å². The van der Waals surface area contributed by atoms with Crippen LogP contribution in [0.25, 0.3) is 10.9 Å². The van der Waals surface area contributed by atoms with Crippen molar-refractivity contribution in [2.45, 2.75) is 83.6 Å². The maximum atomic E-state index is 15.6. The Labute approximate surface area is 324 Å². The van der Waals surface area contributed by atoms with Crippen molar-refractivity contribution in [3.8, 4) is 11.5 Å². The predicted octanol–water partition coefficient (Wildman–Crippen LogP) is 8.00. The number of carbonyl (C=O) groups excluding carboxylic acids is 2. The molecule has 4 aromatic rings. The van der Waals surface area contributed by atoms with Crippen LogP contribution in [0, 0.1) is 17.7 Å². The molecule has 11 heteroatoms. The molecule has 7 rings (SSSR count). The number of hydrogen-bond acceptors (Lipinski definition) is 7. The third-order valence-corrected chi connectivity index (χ3v) is 11.3. The molecule has 1 aliphatic carbocycles. The summed E-state index contributed by atoms with van der Waals surface area (Å²) < 4.78 is 40.0. The van der Waals surface area contributed by atoms with E-state index in [4.69, 9.17) is 18.9 Å². The number of rotatable bonds is 13. The van der Waals surface area contributed by atoms with Crippen LogP contribution in [0.3, 0.4) is 0 Å². The molecule has 294 valence electrons. The van der Waals surface area contributed by atoms with Gasteiger partial charge in [0, 0.05) is 88.3 Å². The van der Waals surface area contributed by atoms with Gasteiger partial charge in [0.25, 0.3) is 0 Å². The minimum Gasteiger partial charge on any atom is -0.497 e. The van der Waals surface area contributed by atoms with E-state index in [2.05, 4.69) is 33.7 Å². The normalized spacial score (nSPS) is 19.7. The molecule has 3 heterocycles. The van der Waals surface area contributed by atoms with E-state index in [0.717, 1.165) is 59.6 Å². The van der Waals surface area contributed by atoms with Gasteiger partial charge in [-0.05, 0) is 99.4 Å². The molecule has 1 unspecified atom stereocenters. The number of piperidine rings is 1. The summed E-state index contributed by atoms with van der Waals surface area (Å²) in [5, 5.41) is 0.559. The van der Waals surface area contributed by atoms with Crippen molar-refractivity contribution in [1.82, 2.24) is 14.4 Å². The summed E-state index contributed by atoms with van der Waals surface area (Å²) in [6, 6.07) is 19.7. The number of benzene rings is 3. The Kier molecular flexibility index (Phi) is 11.3. The molecule has 3 atom stereocenters. The lowest BCUT2D eigenvalue weighted by Gasteiger charge is -2.42. The number of likely N-dealkylation sites (tertiary alicyclic amines) is 1. The fraction of sp³-hybridized carbons (Fsp3) is 0.500. The highest BCUT2D eigenvalue weighted by molar-refractivity contribution is 5.86. The van der Waals surface area contributed by atoms with Crippen LogP contribution in [0.5, 0.6) is 11.5 Å². The molecule has 2 fully saturated rings. The summed E-state index contributed by atoms with van der Waals surface area (Å²) in [5.41, 5.74) is 4.37. The van der Waals surface area contributed by atoms with Crippen LogP contribution in [0.4, 0.5) is 14.9 Å². The number of halogens is 1. The summed E-state index contributed by atoms with van der Waals surface area (Å²) in [5.74, 6) is 0.741.